The molecule has 3 heteroatoms. The summed E-state index contributed by atoms with van der Waals surface area (Å²) in [6.07, 6.45) is 4.05. The third-order valence-electron chi connectivity index (χ3n) is 4.20. The van der Waals surface area contributed by atoms with Crippen molar-refractivity contribution in [1.82, 2.24) is 10.2 Å². The average Bonchev–Trinajstić information content (AvgIpc) is 2.48. The largest absolute Gasteiger partial charge is 0.377 e. The summed E-state index contributed by atoms with van der Waals surface area (Å²) in [6.45, 7) is 6.80. The summed E-state index contributed by atoms with van der Waals surface area (Å²) in [5.74, 6) is 0. The van der Waals surface area contributed by atoms with Gasteiger partial charge in [-0.2, -0.15) is 0 Å². The van der Waals surface area contributed by atoms with Crippen molar-refractivity contribution in [1.29, 1.82) is 0 Å². The van der Waals surface area contributed by atoms with Crippen LogP contribution in [0.2, 0.25) is 0 Å². The van der Waals surface area contributed by atoms with Gasteiger partial charge in [0.1, 0.15) is 0 Å². The molecule has 1 aromatic carbocycles. The molecule has 1 aliphatic rings. The Morgan fingerprint density at radius 2 is 2.05 bits per heavy atom. The average molecular weight is 276 g/mol. The van der Waals surface area contributed by atoms with E-state index in [1.807, 2.05) is 6.92 Å². The number of likely N-dealkylation sites (N-methyl/N-ethyl adjacent to an activating group) is 1. The van der Waals surface area contributed by atoms with E-state index in [1.54, 1.807) is 0 Å². The van der Waals surface area contributed by atoms with Gasteiger partial charge in [-0.1, -0.05) is 30.7 Å². The van der Waals surface area contributed by atoms with Gasteiger partial charge >= 0.3 is 0 Å². The number of rotatable bonds is 7. The highest BCUT2D eigenvalue weighted by atomic mass is 16.5. The molecule has 1 aliphatic heterocycles. The fourth-order valence-corrected chi connectivity index (χ4v) is 2.86. The first-order chi connectivity index (χ1) is 9.81. The van der Waals surface area contributed by atoms with Crippen LogP contribution in [-0.2, 0) is 17.9 Å². The summed E-state index contributed by atoms with van der Waals surface area (Å²) in [6, 6.07) is 9.26. The monoisotopic (exact) mass is 276 g/mol. The Morgan fingerprint density at radius 3 is 2.80 bits per heavy atom. The Hall–Kier alpha value is -0.900. The molecule has 0 amide bonds. The van der Waals surface area contributed by atoms with Crippen LogP contribution in [0.1, 0.15) is 37.3 Å². The molecule has 0 bridgehead atoms. The van der Waals surface area contributed by atoms with Gasteiger partial charge < -0.3 is 15.0 Å². The van der Waals surface area contributed by atoms with Gasteiger partial charge in [-0.05, 0) is 44.5 Å². The van der Waals surface area contributed by atoms with Crippen LogP contribution in [0.15, 0.2) is 24.3 Å². The Labute approximate surface area is 123 Å². The predicted octanol–water partition coefficient (Wildman–Crippen LogP) is 2.80. The molecule has 2 rings (SSSR count). The van der Waals surface area contributed by atoms with Gasteiger partial charge in [-0.3, -0.25) is 0 Å². The van der Waals surface area contributed by atoms with Gasteiger partial charge in [0.15, 0.2) is 0 Å². The smallest absolute Gasteiger partial charge is 0.0719 e. The summed E-state index contributed by atoms with van der Waals surface area (Å²) in [5, 5.41) is 3.62. The summed E-state index contributed by atoms with van der Waals surface area (Å²) < 4.78 is 5.54. The van der Waals surface area contributed by atoms with Crippen LogP contribution in [0.3, 0.4) is 0 Å². The van der Waals surface area contributed by atoms with Crippen LogP contribution >= 0.6 is 0 Å². The molecular formula is C17H28N2O. The maximum atomic E-state index is 5.54. The standard InChI is InChI=1S/C17H28N2O/c1-3-20-14-16-9-5-4-8-15(16)12-18-13-17-10-6-7-11-19(17)2/h4-5,8-9,17-18H,3,6-7,10-14H2,1-2H3. The zero-order valence-corrected chi connectivity index (χ0v) is 12.9. The molecule has 1 heterocycles. The van der Waals surface area contributed by atoms with Crippen LogP contribution in [-0.4, -0.2) is 37.7 Å². The first kappa shape index (κ1) is 15.5. The molecule has 0 saturated carbocycles. The van der Waals surface area contributed by atoms with Gasteiger partial charge in [0, 0.05) is 25.7 Å². The number of hydrogen-bond acceptors (Lipinski definition) is 3. The predicted molar refractivity (Wildman–Crippen MR) is 83.7 cm³/mol. The quantitative estimate of drug-likeness (QED) is 0.829. The van der Waals surface area contributed by atoms with Gasteiger partial charge in [0.05, 0.1) is 6.61 Å². The number of ether oxygens (including phenoxy) is 1. The van der Waals surface area contributed by atoms with E-state index in [0.29, 0.717) is 6.04 Å². The van der Waals surface area contributed by atoms with Crippen molar-refractivity contribution in [2.24, 2.45) is 0 Å². The van der Waals surface area contributed by atoms with Crippen LogP contribution in [0.4, 0.5) is 0 Å². The Kier molecular flexibility index (Phi) is 6.51. The van der Waals surface area contributed by atoms with E-state index >= 15 is 0 Å². The van der Waals surface area contributed by atoms with Crippen LogP contribution in [0.5, 0.6) is 0 Å². The first-order valence-corrected chi connectivity index (χ1v) is 7.86. The number of nitrogens with zero attached hydrogens (tertiary/aromatic N) is 1. The topological polar surface area (TPSA) is 24.5 Å². The van der Waals surface area contributed by atoms with Crippen LogP contribution < -0.4 is 5.32 Å². The van der Waals surface area contributed by atoms with E-state index in [9.17, 15) is 0 Å². The maximum absolute atomic E-state index is 5.54. The van der Waals surface area contributed by atoms with Crippen molar-refractivity contribution in [3.63, 3.8) is 0 Å². The Bertz CT molecular complexity index is 394. The van der Waals surface area contributed by atoms with Crippen LogP contribution in [0, 0.1) is 0 Å². The number of piperidine rings is 1. The SMILES string of the molecule is CCOCc1ccccc1CNCC1CCCCN1C. The van der Waals surface area contributed by atoms with Crippen molar-refractivity contribution in [3.05, 3.63) is 35.4 Å². The normalized spacial score (nSPS) is 20.2. The zero-order valence-electron chi connectivity index (χ0n) is 12.9. The van der Waals surface area contributed by atoms with E-state index in [-0.39, 0.29) is 0 Å². The third-order valence-corrected chi connectivity index (χ3v) is 4.20. The third kappa shape index (κ3) is 4.58. The highest BCUT2D eigenvalue weighted by molar-refractivity contribution is 5.26. The maximum Gasteiger partial charge on any atom is 0.0719 e. The van der Waals surface area contributed by atoms with Gasteiger partial charge in [-0.25, -0.2) is 0 Å². The van der Waals surface area contributed by atoms with E-state index in [1.165, 1.54) is 36.9 Å². The molecule has 3 nitrogen and oxygen atoms in total. The highest BCUT2D eigenvalue weighted by Gasteiger charge is 2.18. The number of hydrogen-bond donors (Lipinski definition) is 1. The molecule has 0 radical (unpaired) electrons. The fourth-order valence-electron chi connectivity index (χ4n) is 2.86. The second-order valence-electron chi connectivity index (χ2n) is 5.67. The molecule has 0 spiro atoms. The highest BCUT2D eigenvalue weighted by Crippen LogP contribution is 2.15. The molecule has 20 heavy (non-hydrogen) atoms. The minimum atomic E-state index is 0.697. The van der Waals surface area contributed by atoms with Crippen molar-refractivity contribution < 1.29 is 4.74 Å². The summed E-state index contributed by atoms with van der Waals surface area (Å²) in [5.41, 5.74) is 2.67. The Morgan fingerprint density at radius 1 is 1.25 bits per heavy atom. The summed E-state index contributed by atoms with van der Waals surface area (Å²) in [4.78, 5) is 2.49. The molecule has 0 aromatic heterocycles. The van der Waals surface area contributed by atoms with E-state index in [2.05, 4.69) is 41.5 Å². The molecular weight excluding hydrogens is 248 g/mol. The summed E-state index contributed by atoms with van der Waals surface area (Å²) >= 11 is 0. The second-order valence-corrected chi connectivity index (χ2v) is 5.67. The van der Waals surface area contributed by atoms with Gasteiger partial charge in [0.2, 0.25) is 0 Å². The minimum Gasteiger partial charge on any atom is -0.377 e. The van der Waals surface area contributed by atoms with E-state index in [4.69, 9.17) is 4.74 Å². The minimum absolute atomic E-state index is 0.697. The van der Waals surface area contributed by atoms with E-state index in [0.717, 1.165) is 26.3 Å². The molecule has 1 N–H and O–H groups in total. The first-order valence-electron chi connectivity index (χ1n) is 7.86. The molecule has 1 saturated heterocycles. The van der Waals surface area contributed by atoms with Crippen molar-refractivity contribution in [2.45, 2.75) is 45.4 Å². The second kappa shape index (κ2) is 8.40. The lowest BCUT2D eigenvalue weighted by Crippen LogP contribution is -2.42. The zero-order chi connectivity index (χ0) is 14.2. The lowest BCUT2D eigenvalue weighted by Gasteiger charge is -2.32. The molecule has 1 fully saturated rings. The lowest BCUT2D eigenvalue weighted by atomic mass is 10.0. The number of benzene rings is 1. The molecule has 112 valence electrons. The van der Waals surface area contributed by atoms with Crippen molar-refractivity contribution in [3.8, 4) is 0 Å². The summed E-state index contributed by atoms with van der Waals surface area (Å²) in [7, 11) is 2.24. The fraction of sp³-hybridized carbons (Fsp3) is 0.647. The number of likely N-dealkylation sites (tertiary alicyclic amines) is 1. The number of nitrogens with one attached hydrogen (secondary N) is 1. The molecule has 0 aliphatic carbocycles. The molecule has 1 unspecified atom stereocenters. The van der Waals surface area contributed by atoms with Crippen molar-refractivity contribution in [2.75, 3.05) is 26.7 Å². The van der Waals surface area contributed by atoms with Crippen molar-refractivity contribution >= 4 is 0 Å². The lowest BCUT2D eigenvalue weighted by molar-refractivity contribution is 0.133. The molecule has 1 atom stereocenters. The van der Waals surface area contributed by atoms with E-state index < -0.39 is 0 Å². The van der Waals surface area contributed by atoms with Gasteiger partial charge in [0.25, 0.3) is 0 Å². The molecule has 1 aromatic rings. The Balaban J connectivity index is 1.81. The van der Waals surface area contributed by atoms with Gasteiger partial charge in [-0.15, -0.1) is 0 Å². The van der Waals surface area contributed by atoms with Crippen LogP contribution in [0.25, 0.3) is 0 Å².